The summed E-state index contributed by atoms with van der Waals surface area (Å²) in [6, 6.07) is 4.03. The van der Waals surface area contributed by atoms with Crippen molar-refractivity contribution in [1.82, 2.24) is 14.9 Å². The topological polar surface area (TPSA) is 31.9 Å². The Morgan fingerprint density at radius 3 is 2.95 bits per heavy atom. The molecule has 1 saturated carbocycles. The minimum Gasteiger partial charge on any atom is -0.346 e. The average Bonchev–Trinajstić information content (AvgIpc) is 2.90. The van der Waals surface area contributed by atoms with Gasteiger partial charge in [-0.1, -0.05) is 6.08 Å². The fourth-order valence-electron chi connectivity index (χ4n) is 3.62. The van der Waals surface area contributed by atoms with E-state index in [1.54, 1.807) is 6.20 Å². The minimum absolute atomic E-state index is 0.0637. The third-order valence-corrected chi connectivity index (χ3v) is 4.78. The lowest BCUT2D eigenvalue weighted by Gasteiger charge is -2.39. The van der Waals surface area contributed by atoms with E-state index in [-0.39, 0.29) is 18.8 Å². The summed E-state index contributed by atoms with van der Waals surface area (Å²) in [6.07, 6.45) is 7.13. The molecule has 3 nitrogen and oxygen atoms in total. The van der Waals surface area contributed by atoms with E-state index < -0.39 is 5.92 Å². The summed E-state index contributed by atoms with van der Waals surface area (Å²) in [6.45, 7) is 2.60. The quantitative estimate of drug-likeness (QED) is 0.937. The molecule has 1 aliphatic carbocycles. The highest BCUT2D eigenvalue weighted by Crippen LogP contribution is 2.43. The second-order valence-electron chi connectivity index (χ2n) is 6.47. The van der Waals surface area contributed by atoms with Crippen molar-refractivity contribution in [3.63, 3.8) is 0 Å². The van der Waals surface area contributed by atoms with Gasteiger partial charge in [0.05, 0.1) is 0 Å². The molecule has 4 rings (SSSR count). The lowest BCUT2D eigenvalue weighted by atomic mass is 9.81. The first-order valence-electron chi connectivity index (χ1n) is 7.82. The first-order chi connectivity index (χ1) is 10.6. The molecule has 2 aromatic heterocycles. The Labute approximate surface area is 128 Å². The molecule has 22 heavy (non-hydrogen) atoms. The Hall–Kier alpha value is -1.75. The second kappa shape index (κ2) is 5.16. The van der Waals surface area contributed by atoms with Gasteiger partial charge >= 0.3 is 0 Å². The molecule has 3 heterocycles. The van der Waals surface area contributed by atoms with Crippen molar-refractivity contribution in [1.29, 1.82) is 0 Å². The van der Waals surface area contributed by atoms with Gasteiger partial charge in [-0.25, -0.2) is 13.8 Å². The van der Waals surface area contributed by atoms with E-state index in [2.05, 4.69) is 27.0 Å². The number of fused-ring (bicyclic) bond motifs is 1. The number of H-pyrrole nitrogens is 1. The van der Waals surface area contributed by atoms with Crippen LogP contribution in [0, 0.1) is 5.92 Å². The lowest BCUT2D eigenvalue weighted by molar-refractivity contribution is -0.115. The minimum atomic E-state index is -2.40. The van der Waals surface area contributed by atoms with Crippen molar-refractivity contribution in [3.05, 3.63) is 36.2 Å². The number of aromatic nitrogens is 2. The zero-order valence-corrected chi connectivity index (χ0v) is 12.4. The van der Waals surface area contributed by atoms with Crippen LogP contribution in [0.2, 0.25) is 0 Å². The number of nitrogens with one attached hydrogen (secondary N) is 1. The average molecular weight is 303 g/mol. The molecule has 0 unspecified atom stereocenters. The Morgan fingerprint density at radius 1 is 1.36 bits per heavy atom. The van der Waals surface area contributed by atoms with Gasteiger partial charge in [0.25, 0.3) is 0 Å². The Morgan fingerprint density at radius 2 is 2.23 bits per heavy atom. The smallest absolute Gasteiger partial charge is 0.248 e. The Kier molecular flexibility index (Phi) is 3.26. The maximum Gasteiger partial charge on any atom is 0.248 e. The number of nitrogens with zero attached hydrogens (tertiary/aromatic N) is 2. The second-order valence-corrected chi connectivity index (χ2v) is 6.47. The van der Waals surface area contributed by atoms with Gasteiger partial charge in [-0.05, 0) is 30.0 Å². The highest BCUT2D eigenvalue weighted by molar-refractivity contribution is 5.90. The van der Waals surface area contributed by atoms with Gasteiger partial charge in [0.1, 0.15) is 5.65 Å². The summed E-state index contributed by atoms with van der Waals surface area (Å²) in [4.78, 5) is 9.81. The van der Waals surface area contributed by atoms with Crippen molar-refractivity contribution in [2.45, 2.75) is 25.2 Å². The number of hydrogen-bond acceptors (Lipinski definition) is 2. The van der Waals surface area contributed by atoms with Crippen LogP contribution in [-0.2, 0) is 0 Å². The van der Waals surface area contributed by atoms with Crippen LogP contribution in [0.25, 0.3) is 16.6 Å². The Bertz CT molecular complexity index is 712. The summed E-state index contributed by atoms with van der Waals surface area (Å²) < 4.78 is 25.8. The van der Waals surface area contributed by atoms with Crippen LogP contribution in [0.15, 0.2) is 30.6 Å². The zero-order valence-electron chi connectivity index (χ0n) is 12.4. The molecule has 116 valence electrons. The molecule has 1 fully saturated rings. The molecule has 2 aromatic rings. The van der Waals surface area contributed by atoms with Gasteiger partial charge in [0.15, 0.2) is 0 Å². The van der Waals surface area contributed by atoms with Gasteiger partial charge in [-0.3, -0.25) is 4.90 Å². The molecule has 1 N–H and O–H groups in total. The predicted octanol–water partition coefficient (Wildman–Crippen LogP) is 3.70. The van der Waals surface area contributed by atoms with Crippen LogP contribution < -0.4 is 0 Å². The zero-order chi connectivity index (χ0) is 15.2. The first-order valence-corrected chi connectivity index (χ1v) is 7.82. The maximum absolute atomic E-state index is 12.9. The summed E-state index contributed by atoms with van der Waals surface area (Å²) in [5.41, 5.74) is 3.46. The molecule has 0 saturated heterocycles. The van der Waals surface area contributed by atoms with E-state index in [1.165, 1.54) is 11.1 Å². The summed E-state index contributed by atoms with van der Waals surface area (Å²) in [5.74, 6) is -2.24. The van der Waals surface area contributed by atoms with E-state index in [0.717, 1.165) is 37.1 Å². The highest BCUT2D eigenvalue weighted by atomic mass is 19.3. The third-order valence-electron chi connectivity index (χ3n) is 4.78. The van der Waals surface area contributed by atoms with Gasteiger partial charge in [-0.15, -0.1) is 0 Å². The molecule has 1 aliphatic heterocycles. The monoisotopic (exact) mass is 303 g/mol. The number of halogens is 2. The van der Waals surface area contributed by atoms with Gasteiger partial charge in [-0.2, -0.15) is 0 Å². The van der Waals surface area contributed by atoms with E-state index in [4.69, 9.17) is 0 Å². The molecule has 0 amide bonds. The SMILES string of the molecule is FC1(F)CC(CN2CC=C(c3c[nH]c4ncccc34)CC2)C1. The van der Waals surface area contributed by atoms with Crippen molar-refractivity contribution < 1.29 is 8.78 Å². The van der Waals surface area contributed by atoms with Crippen molar-refractivity contribution in [2.24, 2.45) is 5.92 Å². The summed E-state index contributed by atoms with van der Waals surface area (Å²) in [5, 5.41) is 1.15. The van der Waals surface area contributed by atoms with Crippen molar-refractivity contribution in [3.8, 4) is 0 Å². The standard InChI is InChI=1S/C17H19F2N3/c18-17(19)8-12(9-17)11-22-6-3-13(4-7-22)15-10-21-16-14(15)2-1-5-20-16/h1-3,5,10,12H,4,6-9,11H2,(H,20,21). The molecule has 0 aromatic carbocycles. The predicted molar refractivity (Wildman–Crippen MR) is 82.8 cm³/mol. The first kappa shape index (κ1) is 13.9. The van der Waals surface area contributed by atoms with Gasteiger partial charge < -0.3 is 4.98 Å². The summed E-state index contributed by atoms with van der Waals surface area (Å²) >= 11 is 0. The molecule has 0 radical (unpaired) electrons. The normalized spacial score (nSPS) is 22.5. The van der Waals surface area contributed by atoms with E-state index in [1.807, 2.05) is 12.3 Å². The van der Waals surface area contributed by atoms with Crippen LogP contribution in [0.5, 0.6) is 0 Å². The van der Waals surface area contributed by atoms with Crippen LogP contribution in [0.3, 0.4) is 0 Å². The van der Waals surface area contributed by atoms with Gasteiger partial charge in [0, 0.05) is 55.8 Å². The lowest BCUT2D eigenvalue weighted by Crippen LogP contribution is -2.43. The number of aromatic amines is 1. The summed E-state index contributed by atoms with van der Waals surface area (Å²) in [7, 11) is 0. The molecular weight excluding hydrogens is 284 g/mol. The fraction of sp³-hybridized carbons (Fsp3) is 0.471. The number of hydrogen-bond donors (Lipinski definition) is 1. The van der Waals surface area contributed by atoms with Crippen molar-refractivity contribution >= 4 is 16.6 Å². The van der Waals surface area contributed by atoms with Crippen LogP contribution in [-0.4, -0.2) is 40.4 Å². The van der Waals surface area contributed by atoms with Gasteiger partial charge in [0.2, 0.25) is 5.92 Å². The molecule has 5 heteroatoms. The van der Waals surface area contributed by atoms with Crippen LogP contribution in [0.4, 0.5) is 8.78 Å². The maximum atomic E-state index is 12.9. The number of rotatable bonds is 3. The molecular formula is C17H19F2N3. The van der Waals surface area contributed by atoms with E-state index in [9.17, 15) is 8.78 Å². The fourth-order valence-corrected chi connectivity index (χ4v) is 3.62. The van der Waals surface area contributed by atoms with Crippen molar-refractivity contribution in [2.75, 3.05) is 19.6 Å². The Balaban J connectivity index is 1.43. The largest absolute Gasteiger partial charge is 0.346 e. The van der Waals surface area contributed by atoms with Crippen LogP contribution in [0.1, 0.15) is 24.8 Å². The molecule has 0 spiro atoms. The van der Waals surface area contributed by atoms with Crippen LogP contribution >= 0.6 is 0 Å². The third kappa shape index (κ3) is 2.54. The van der Waals surface area contributed by atoms with E-state index >= 15 is 0 Å². The highest BCUT2D eigenvalue weighted by Gasteiger charge is 2.45. The molecule has 0 atom stereocenters. The molecule has 2 aliphatic rings. The number of alkyl halides is 2. The molecule has 0 bridgehead atoms. The van der Waals surface area contributed by atoms with E-state index in [0.29, 0.717) is 0 Å². The number of pyridine rings is 1.